The molecule has 2 N–H and O–H groups in total. The number of methoxy groups -OCH3 is 2. The first-order valence-corrected chi connectivity index (χ1v) is 15.5. The van der Waals surface area contributed by atoms with Crippen LogP contribution in [0.1, 0.15) is 35.1 Å². The van der Waals surface area contributed by atoms with Gasteiger partial charge in [-0.3, -0.25) is 14.8 Å². The number of sulfonamides is 1. The van der Waals surface area contributed by atoms with Crippen molar-refractivity contribution >= 4 is 27.1 Å². The lowest BCUT2D eigenvalue weighted by Crippen LogP contribution is -2.29. The summed E-state index contributed by atoms with van der Waals surface area (Å²) in [6.07, 6.45) is 5.18. The third-order valence-electron chi connectivity index (χ3n) is 8.09. The molecule has 4 aromatic carbocycles. The fourth-order valence-corrected chi connectivity index (χ4v) is 6.91. The predicted octanol–water partition coefficient (Wildman–Crippen LogP) is 6.82. The van der Waals surface area contributed by atoms with Gasteiger partial charge in [0, 0.05) is 29.8 Å². The van der Waals surface area contributed by atoms with E-state index in [1.54, 1.807) is 42.5 Å². The van der Waals surface area contributed by atoms with E-state index in [1.807, 2.05) is 30.3 Å². The minimum absolute atomic E-state index is 0.0235. The second kappa shape index (κ2) is 11.9. The molecule has 4 aromatic rings. The maximum atomic E-state index is 13.4. The van der Waals surface area contributed by atoms with Crippen LogP contribution in [0.5, 0.6) is 17.2 Å². The van der Waals surface area contributed by atoms with Crippen molar-refractivity contribution in [3.05, 3.63) is 124 Å². The number of non-ortho nitro benzene ring substituents is 1. The highest BCUT2D eigenvalue weighted by Gasteiger charge is 2.38. The van der Waals surface area contributed by atoms with E-state index >= 15 is 0 Å². The third kappa shape index (κ3) is 5.78. The molecule has 44 heavy (non-hydrogen) atoms. The molecule has 0 spiro atoms. The van der Waals surface area contributed by atoms with Crippen LogP contribution in [0, 0.1) is 16.0 Å². The quantitative estimate of drug-likeness (QED) is 0.113. The van der Waals surface area contributed by atoms with Gasteiger partial charge in [-0.1, -0.05) is 24.3 Å². The average Bonchev–Trinajstić information content (AvgIpc) is 3.54. The smallest absolute Gasteiger partial charge is 0.269 e. The number of nitrogens with zero attached hydrogens (tertiary/aromatic N) is 1. The van der Waals surface area contributed by atoms with E-state index in [4.69, 9.17) is 14.2 Å². The third-order valence-corrected chi connectivity index (χ3v) is 9.45. The van der Waals surface area contributed by atoms with Crippen LogP contribution in [0.25, 0.3) is 0 Å². The van der Waals surface area contributed by atoms with Gasteiger partial charge in [0.25, 0.3) is 15.7 Å². The van der Waals surface area contributed by atoms with Crippen molar-refractivity contribution in [2.24, 2.45) is 5.92 Å². The summed E-state index contributed by atoms with van der Waals surface area (Å²) >= 11 is 0. The molecule has 1 aliphatic carbocycles. The highest BCUT2D eigenvalue weighted by atomic mass is 32.2. The SMILES string of the molecule is COc1ccc(NS(=O)(=O)c2ccc3c(c2)[C@H]2C=CC[C@H]2[C@@H](c2ccc(OCc4ccc([N+](=O)[O-])cc4)cc2)N3)c(OC)c1. The number of hydrogen-bond donors (Lipinski definition) is 2. The van der Waals surface area contributed by atoms with Gasteiger partial charge in [-0.05, 0) is 83.6 Å². The topological polar surface area (TPSA) is 129 Å². The van der Waals surface area contributed by atoms with Crippen LogP contribution < -0.4 is 24.2 Å². The Morgan fingerprint density at radius 3 is 2.39 bits per heavy atom. The lowest BCUT2D eigenvalue weighted by Gasteiger charge is -2.37. The zero-order chi connectivity index (χ0) is 30.8. The van der Waals surface area contributed by atoms with Gasteiger partial charge in [0.05, 0.1) is 35.8 Å². The van der Waals surface area contributed by atoms with Crippen molar-refractivity contribution in [1.29, 1.82) is 0 Å². The van der Waals surface area contributed by atoms with Gasteiger partial charge in [0.2, 0.25) is 0 Å². The number of nitro benzene ring substituents is 1. The molecule has 3 atom stereocenters. The molecule has 1 aliphatic heterocycles. The lowest BCUT2D eigenvalue weighted by molar-refractivity contribution is -0.384. The molecule has 0 unspecified atom stereocenters. The normalized spacial score (nSPS) is 18.5. The molecule has 2 aliphatic rings. The second-order valence-electron chi connectivity index (χ2n) is 10.7. The number of nitro groups is 1. The number of ether oxygens (including phenoxy) is 3. The van der Waals surface area contributed by atoms with Crippen molar-refractivity contribution in [3.63, 3.8) is 0 Å². The molecule has 0 amide bonds. The summed E-state index contributed by atoms with van der Waals surface area (Å²) in [5.74, 6) is 1.88. The lowest BCUT2D eigenvalue weighted by atomic mass is 9.77. The standard InChI is InChI=1S/C33H31N3O7S/c1-41-25-14-16-31(32(18-25)42-2)35-44(39,40)26-15-17-30-29(19-26)27-4-3-5-28(27)33(34-30)22-8-12-24(13-9-22)43-20-21-6-10-23(11-7-21)36(37)38/h3-4,6-19,27-28,33-35H,5,20H2,1-2H3/t27-,28+,33+/m0/s1. The zero-order valence-corrected chi connectivity index (χ0v) is 24.9. The Kier molecular flexibility index (Phi) is 7.88. The molecular formula is C33H31N3O7S. The Bertz CT molecular complexity index is 1820. The van der Waals surface area contributed by atoms with Crippen LogP contribution in [0.3, 0.4) is 0 Å². The van der Waals surface area contributed by atoms with E-state index in [-0.39, 0.29) is 28.5 Å². The average molecular weight is 614 g/mol. The molecule has 0 bridgehead atoms. The predicted molar refractivity (Wildman–Crippen MR) is 167 cm³/mol. The Hall–Kier alpha value is -5.03. The van der Waals surface area contributed by atoms with Crippen LogP contribution in [0.15, 0.2) is 102 Å². The second-order valence-corrected chi connectivity index (χ2v) is 12.4. The van der Waals surface area contributed by atoms with Gasteiger partial charge in [-0.15, -0.1) is 0 Å². The van der Waals surface area contributed by atoms with E-state index in [9.17, 15) is 18.5 Å². The number of benzene rings is 4. The number of allylic oxidation sites excluding steroid dienone is 2. The molecule has 0 saturated heterocycles. The summed E-state index contributed by atoms with van der Waals surface area (Å²) in [6.45, 7) is 0.298. The molecule has 226 valence electrons. The number of anilines is 2. The summed E-state index contributed by atoms with van der Waals surface area (Å²) in [5.41, 5.74) is 4.13. The number of rotatable bonds is 10. The van der Waals surface area contributed by atoms with Crippen LogP contribution in [0.4, 0.5) is 17.1 Å². The molecule has 11 heteroatoms. The van der Waals surface area contributed by atoms with Crippen molar-refractivity contribution in [3.8, 4) is 17.2 Å². The molecule has 1 heterocycles. The minimum atomic E-state index is -3.90. The minimum Gasteiger partial charge on any atom is -0.497 e. The van der Waals surface area contributed by atoms with Crippen LogP contribution in [-0.2, 0) is 16.6 Å². The van der Waals surface area contributed by atoms with Gasteiger partial charge in [-0.25, -0.2) is 8.42 Å². The summed E-state index contributed by atoms with van der Waals surface area (Å²) in [5, 5.41) is 14.5. The summed E-state index contributed by atoms with van der Waals surface area (Å²) in [7, 11) is -0.888. The maximum Gasteiger partial charge on any atom is 0.269 e. The van der Waals surface area contributed by atoms with Gasteiger partial charge < -0.3 is 19.5 Å². The Balaban J connectivity index is 1.18. The maximum absolute atomic E-state index is 13.4. The van der Waals surface area contributed by atoms with E-state index < -0.39 is 14.9 Å². The van der Waals surface area contributed by atoms with Gasteiger partial charge in [-0.2, -0.15) is 0 Å². The summed E-state index contributed by atoms with van der Waals surface area (Å²) in [4.78, 5) is 10.6. The highest BCUT2D eigenvalue weighted by Crippen LogP contribution is 2.50. The van der Waals surface area contributed by atoms with Crippen molar-refractivity contribution in [2.45, 2.75) is 29.9 Å². The van der Waals surface area contributed by atoms with E-state index in [2.05, 4.69) is 22.2 Å². The number of fused-ring (bicyclic) bond motifs is 3. The number of hydrogen-bond acceptors (Lipinski definition) is 8. The van der Waals surface area contributed by atoms with Gasteiger partial charge in [0.1, 0.15) is 23.9 Å². The first-order chi connectivity index (χ1) is 21.3. The van der Waals surface area contributed by atoms with E-state index in [1.165, 1.54) is 26.4 Å². The summed E-state index contributed by atoms with van der Waals surface area (Å²) < 4.78 is 46.0. The first-order valence-electron chi connectivity index (χ1n) is 14.0. The summed E-state index contributed by atoms with van der Waals surface area (Å²) in [6, 6.07) is 24.3. The van der Waals surface area contributed by atoms with Crippen LogP contribution in [0.2, 0.25) is 0 Å². The number of nitrogens with one attached hydrogen (secondary N) is 2. The fraction of sp³-hybridized carbons (Fsp3) is 0.212. The monoisotopic (exact) mass is 613 g/mol. The molecule has 0 aromatic heterocycles. The Morgan fingerprint density at radius 1 is 0.932 bits per heavy atom. The van der Waals surface area contributed by atoms with Crippen LogP contribution >= 0.6 is 0 Å². The van der Waals surface area contributed by atoms with Crippen molar-refractivity contribution in [1.82, 2.24) is 0 Å². The molecule has 0 fully saturated rings. The molecular weight excluding hydrogens is 582 g/mol. The Labute approximate surface area is 255 Å². The molecule has 0 radical (unpaired) electrons. The van der Waals surface area contributed by atoms with Gasteiger partial charge >= 0.3 is 0 Å². The zero-order valence-electron chi connectivity index (χ0n) is 24.1. The van der Waals surface area contributed by atoms with Gasteiger partial charge in [0.15, 0.2) is 0 Å². The molecule has 0 saturated carbocycles. The largest absolute Gasteiger partial charge is 0.497 e. The van der Waals surface area contributed by atoms with E-state index in [0.29, 0.717) is 29.5 Å². The first kappa shape index (κ1) is 29.1. The van der Waals surface area contributed by atoms with E-state index in [0.717, 1.165) is 28.8 Å². The highest BCUT2D eigenvalue weighted by molar-refractivity contribution is 7.92. The van der Waals surface area contributed by atoms with Crippen molar-refractivity contribution in [2.75, 3.05) is 24.3 Å². The molecule has 6 rings (SSSR count). The Morgan fingerprint density at radius 2 is 1.68 bits per heavy atom. The van der Waals surface area contributed by atoms with Crippen LogP contribution in [-0.4, -0.2) is 27.6 Å². The van der Waals surface area contributed by atoms with Crippen molar-refractivity contribution < 1.29 is 27.6 Å². The fourth-order valence-electron chi connectivity index (χ4n) is 5.81. The molecule has 10 nitrogen and oxygen atoms in total.